The van der Waals surface area contributed by atoms with Crippen molar-refractivity contribution in [3.8, 4) is 0 Å². The highest BCUT2D eigenvalue weighted by Gasteiger charge is 2.21. The van der Waals surface area contributed by atoms with Gasteiger partial charge < -0.3 is 4.90 Å². The molecule has 1 nitrogen and oxygen atoms in total. The predicted molar refractivity (Wildman–Crippen MR) is 80.0 cm³/mol. The van der Waals surface area contributed by atoms with Gasteiger partial charge in [0, 0.05) is 0 Å². The maximum absolute atomic E-state index is 2.56. The van der Waals surface area contributed by atoms with Gasteiger partial charge in [-0.15, -0.1) is 0 Å². The van der Waals surface area contributed by atoms with Crippen LogP contribution >= 0.6 is 0 Å². The standard InChI is InChI=1S/C17H25N/c1-4-7-16-14(3)8-6-9-17(16)15-10-12-18(5-2)13-11-15/h4,6-9,15H,5,10-13H2,1-3H3/b7-4-. The van der Waals surface area contributed by atoms with Crippen molar-refractivity contribution in [1.29, 1.82) is 0 Å². The Balaban J connectivity index is 2.21. The first-order valence-corrected chi connectivity index (χ1v) is 7.20. The van der Waals surface area contributed by atoms with E-state index in [1.165, 1.54) is 43.6 Å². The molecule has 0 amide bonds. The number of aryl methyl sites for hydroxylation is 1. The predicted octanol–water partition coefficient (Wildman–Crippen LogP) is 4.23. The second kappa shape index (κ2) is 6.19. The molecule has 1 fully saturated rings. The van der Waals surface area contributed by atoms with Crippen molar-refractivity contribution in [3.63, 3.8) is 0 Å². The SMILES string of the molecule is C/C=C\c1c(C)cccc1C1CCN(CC)CC1. The van der Waals surface area contributed by atoms with E-state index in [-0.39, 0.29) is 0 Å². The van der Waals surface area contributed by atoms with Crippen LogP contribution in [0, 0.1) is 6.92 Å². The van der Waals surface area contributed by atoms with Crippen LogP contribution in [-0.4, -0.2) is 24.5 Å². The molecule has 0 N–H and O–H groups in total. The maximum atomic E-state index is 2.56. The number of likely N-dealkylation sites (tertiary alicyclic amines) is 1. The normalized spacial score (nSPS) is 18.6. The van der Waals surface area contributed by atoms with Crippen LogP contribution in [0.4, 0.5) is 0 Å². The van der Waals surface area contributed by atoms with Crippen molar-refractivity contribution >= 4 is 6.08 Å². The number of benzene rings is 1. The number of piperidine rings is 1. The topological polar surface area (TPSA) is 3.24 Å². The van der Waals surface area contributed by atoms with E-state index in [1.807, 2.05) is 0 Å². The Kier molecular flexibility index (Phi) is 4.60. The summed E-state index contributed by atoms with van der Waals surface area (Å²) in [4.78, 5) is 2.56. The summed E-state index contributed by atoms with van der Waals surface area (Å²) in [5.41, 5.74) is 4.42. The minimum absolute atomic E-state index is 0.749. The lowest BCUT2D eigenvalue weighted by Gasteiger charge is -2.32. The van der Waals surface area contributed by atoms with Crippen LogP contribution in [0.25, 0.3) is 6.08 Å². The highest BCUT2D eigenvalue weighted by Crippen LogP contribution is 2.32. The van der Waals surface area contributed by atoms with E-state index in [9.17, 15) is 0 Å². The first-order valence-electron chi connectivity index (χ1n) is 7.20. The Hall–Kier alpha value is -1.08. The largest absolute Gasteiger partial charge is 0.304 e. The smallest absolute Gasteiger partial charge is 0.00130 e. The summed E-state index contributed by atoms with van der Waals surface area (Å²) < 4.78 is 0. The van der Waals surface area contributed by atoms with Crippen molar-refractivity contribution in [2.24, 2.45) is 0 Å². The first-order chi connectivity index (χ1) is 8.76. The third-order valence-corrected chi connectivity index (χ3v) is 4.17. The summed E-state index contributed by atoms with van der Waals surface area (Å²) in [7, 11) is 0. The molecule has 1 aromatic carbocycles. The fraction of sp³-hybridized carbons (Fsp3) is 0.529. The van der Waals surface area contributed by atoms with Gasteiger partial charge in [0.05, 0.1) is 0 Å². The lowest BCUT2D eigenvalue weighted by molar-refractivity contribution is 0.222. The van der Waals surface area contributed by atoms with Crippen molar-refractivity contribution in [2.75, 3.05) is 19.6 Å². The molecular weight excluding hydrogens is 218 g/mol. The van der Waals surface area contributed by atoms with E-state index < -0.39 is 0 Å². The van der Waals surface area contributed by atoms with E-state index in [0.717, 1.165) is 5.92 Å². The molecule has 1 aromatic rings. The van der Waals surface area contributed by atoms with Gasteiger partial charge in [0.25, 0.3) is 0 Å². The molecule has 0 radical (unpaired) electrons. The summed E-state index contributed by atoms with van der Waals surface area (Å²) in [6, 6.07) is 6.76. The van der Waals surface area contributed by atoms with Crippen LogP contribution in [0.2, 0.25) is 0 Å². The fourth-order valence-electron chi connectivity index (χ4n) is 3.01. The monoisotopic (exact) mass is 243 g/mol. The minimum Gasteiger partial charge on any atom is -0.304 e. The summed E-state index contributed by atoms with van der Waals surface area (Å²) in [6.07, 6.45) is 7.05. The number of allylic oxidation sites excluding steroid dienone is 1. The molecule has 0 aliphatic carbocycles. The number of nitrogens with zero attached hydrogens (tertiary/aromatic N) is 1. The highest BCUT2D eigenvalue weighted by molar-refractivity contribution is 5.58. The second-order valence-electron chi connectivity index (χ2n) is 5.29. The quantitative estimate of drug-likeness (QED) is 0.768. The van der Waals surface area contributed by atoms with E-state index >= 15 is 0 Å². The molecule has 18 heavy (non-hydrogen) atoms. The van der Waals surface area contributed by atoms with E-state index in [0.29, 0.717) is 0 Å². The number of hydrogen-bond donors (Lipinski definition) is 0. The molecule has 0 saturated carbocycles. The van der Waals surface area contributed by atoms with Gasteiger partial charge in [-0.2, -0.15) is 0 Å². The van der Waals surface area contributed by atoms with Crippen LogP contribution < -0.4 is 0 Å². The molecule has 1 aliphatic rings. The van der Waals surface area contributed by atoms with Crippen molar-refractivity contribution < 1.29 is 0 Å². The van der Waals surface area contributed by atoms with Gasteiger partial charge in [0.15, 0.2) is 0 Å². The van der Waals surface area contributed by atoms with Crippen molar-refractivity contribution in [3.05, 3.63) is 41.0 Å². The van der Waals surface area contributed by atoms with Gasteiger partial charge in [0.1, 0.15) is 0 Å². The van der Waals surface area contributed by atoms with Crippen LogP contribution in [0.3, 0.4) is 0 Å². The van der Waals surface area contributed by atoms with Gasteiger partial charge >= 0.3 is 0 Å². The molecule has 1 aliphatic heterocycles. The Labute approximate surface area is 112 Å². The third kappa shape index (κ3) is 2.84. The zero-order chi connectivity index (χ0) is 13.0. The molecule has 1 heterocycles. The molecule has 0 bridgehead atoms. The van der Waals surface area contributed by atoms with E-state index in [1.54, 1.807) is 5.56 Å². The summed E-state index contributed by atoms with van der Waals surface area (Å²) in [5.74, 6) is 0.749. The molecule has 1 saturated heterocycles. The molecule has 98 valence electrons. The molecule has 2 rings (SSSR count). The Bertz CT molecular complexity index is 412. The number of rotatable bonds is 3. The zero-order valence-corrected chi connectivity index (χ0v) is 11.9. The molecule has 0 atom stereocenters. The summed E-state index contributed by atoms with van der Waals surface area (Å²) >= 11 is 0. The Morgan fingerprint density at radius 3 is 2.61 bits per heavy atom. The summed E-state index contributed by atoms with van der Waals surface area (Å²) in [5, 5.41) is 0. The van der Waals surface area contributed by atoms with E-state index in [2.05, 4.69) is 56.0 Å². The molecule has 1 heteroatoms. The van der Waals surface area contributed by atoms with Crippen LogP contribution in [0.15, 0.2) is 24.3 Å². The maximum Gasteiger partial charge on any atom is -0.00130 e. The van der Waals surface area contributed by atoms with Gasteiger partial charge in [-0.1, -0.05) is 37.3 Å². The lowest BCUT2D eigenvalue weighted by Crippen LogP contribution is -2.32. The van der Waals surface area contributed by atoms with Gasteiger partial charge in [-0.3, -0.25) is 0 Å². The molecule has 0 aromatic heterocycles. The third-order valence-electron chi connectivity index (χ3n) is 4.17. The molecule has 0 spiro atoms. The highest BCUT2D eigenvalue weighted by atomic mass is 15.1. The van der Waals surface area contributed by atoms with Crippen molar-refractivity contribution in [2.45, 2.75) is 39.5 Å². The van der Waals surface area contributed by atoms with E-state index in [4.69, 9.17) is 0 Å². The van der Waals surface area contributed by atoms with Crippen LogP contribution in [0.1, 0.15) is 49.3 Å². The summed E-state index contributed by atoms with van der Waals surface area (Å²) in [6.45, 7) is 10.3. The Morgan fingerprint density at radius 2 is 2.00 bits per heavy atom. The van der Waals surface area contributed by atoms with Crippen LogP contribution in [-0.2, 0) is 0 Å². The van der Waals surface area contributed by atoms with Crippen LogP contribution in [0.5, 0.6) is 0 Å². The second-order valence-corrected chi connectivity index (χ2v) is 5.29. The Morgan fingerprint density at radius 1 is 1.28 bits per heavy atom. The molecular formula is C17H25N. The lowest BCUT2D eigenvalue weighted by atomic mass is 9.85. The van der Waals surface area contributed by atoms with Gasteiger partial charge in [0.2, 0.25) is 0 Å². The number of hydrogen-bond acceptors (Lipinski definition) is 1. The van der Waals surface area contributed by atoms with Gasteiger partial charge in [-0.05, 0) is 68.9 Å². The molecule has 0 unspecified atom stereocenters. The van der Waals surface area contributed by atoms with Gasteiger partial charge in [-0.25, -0.2) is 0 Å². The average molecular weight is 243 g/mol. The average Bonchev–Trinajstić information content (AvgIpc) is 2.41. The zero-order valence-electron chi connectivity index (χ0n) is 11.9. The van der Waals surface area contributed by atoms with Crippen molar-refractivity contribution in [1.82, 2.24) is 4.90 Å². The fourth-order valence-corrected chi connectivity index (χ4v) is 3.01. The minimum atomic E-state index is 0.749. The first kappa shape index (κ1) is 13.4.